The Hall–Kier alpha value is -0.830. The lowest BCUT2D eigenvalue weighted by Gasteiger charge is -1.73. The Balaban J connectivity index is 3.29. The average molecular weight is 93.0 g/mol. The van der Waals surface area contributed by atoms with E-state index in [2.05, 4.69) is 0 Å². The number of halogens is 2. The Morgan fingerprint density at radius 1 is 1.67 bits per heavy atom. The van der Waals surface area contributed by atoms with E-state index < -0.39 is 6.55 Å². The van der Waals surface area contributed by atoms with Gasteiger partial charge in [-0.15, -0.1) is 0 Å². The molecule has 0 rings (SSSR count). The molecule has 0 radical (unpaired) electrons. The Bertz CT molecular complexity index is 72.9. The maximum atomic E-state index is 10.6. The van der Waals surface area contributed by atoms with Gasteiger partial charge in [-0.2, -0.15) is 0 Å². The van der Waals surface area contributed by atoms with Crippen LogP contribution in [0.2, 0.25) is 0 Å². The lowest BCUT2D eigenvalue weighted by molar-refractivity contribution is 0.157. The summed E-state index contributed by atoms with van der Waals surface area (Å²) in [5.74, 6) is 0. The average Bonchev–Trinajstić information content (AvgIpc) is 1.35. The van der Waals surface area contributed by atoms with Gasteiger partial charge in [-0.25, -0.2) is 8.78 Å². The third kappa shape index (κ3) is 3.17. The van der Waals surface area contributed by atoms with Gasteiger partial charge >= 0.3 is 6.55 Å². The van der Waals surface area contributed by atoms with Crippen molar-refractivity contribution in [1.29, 1.82) is 0 Å². The molecule has 0 aliphatic rings. The van der Waals surface area contributed by atoms with E-state index in [1.54, 1.807) is 0 Å². The first-order valence-electron chi connectivity index (χ1n) is 1.09. The Kier molecular flexibility index (Phi) is 2.08. The van der Waals surface area contributed by atoms with E-state index in [4.69, 9.17) is 5.53 Å². The lowest BCUT2D eigenvalue weighted by Crippen LogP contribution is -1.74. The van der Waals surface area contributed by atoms with Crippen LogP contribution in [-0.2, 0) is 0 Å². The van der Waals surface area contributed by atoms with Gasteiger partial charge in [0.25, 0.3) is 0 Å². The van der Waals surface area contributed by atoms with Crippen molar-refractivity contribution in [2.24, 2.45) is 5.11 Å². The molecule has 0 amide bonds. The molecule has 6 heavy (non-hydrogen) atoms. The fraction of sp³-hybridized carbons (Fsp3) is 1.00. The van der Waals surface area contributed by atoms with Crippen molar-refractivity contribution >= 4 is 0 Å². The Morgan fingerprint density at radius 3 is 2.17 bits per heavy atom. The molecule has 0 aromatic carbocycles. The molecule has 0 bridgehead atoms. The molecule has 0 heterocycles. The Labute approximate surface area is 32.2 Å². The predicted octanol–water partition coefficient (Wildman–Crippen LogP) is 1.52. The molecule has 0 spiro atoms. The molecule has 0 unspecified atom stereocenters. The SMILES string of the molecule is [N-]=[N+]=NC(F)F. The summed E-state index contributed by atoms with van der Waals surface area (Å²) >= 11 is 0. The fourth-order valence-electron chi connectivity index (χ4n) is 0.0390. The van der Waals surface area contributed by atoms with Crippen molar-refractivity contribution < 1.29 is 8.78 Å². The van der Waals surface area contributed by atoms with Crippen LogP contribution in [0.4, 0.5) is 8.78 Å². The van der Waals surface area contributed by atoms with Gasteiger partial charge in [0, 0.05) is 4.91 Å². The molecule has 0 aromatic rings. The summed E-state index contributed by atoms with van der Waals surface area (Å²) in [6.45, 7) is -2.89. The molecule has 0 saturated carbocycles. The molecule has 0 saturated heterocycles. The number of hydrogen-bond acceptors (Lipinski definition) is 1. The highest BCUT2D eigenvalue weighted by Crippen LogP contribution is 1.90. The first-order chi connectivity index (χ1) is 2.77. The molecule has 0 N–H and O–H groups in total. The van der Waals surface area contributed by atoms with Crippen LogP contribution < -0.4 is 0 Å². The number of alkyl halides is 2. The lowest BCUT2D eigenvalue weighted by atomic mass is 11.3. The van der Waals surface area contributed by atoms with Gasteiger partial charge in [0.05, 0.1) is 0 Å². The highest BCUT2D eigenvalue weighted by atomic mass is 19.3. The molecule has 0 fully saturated rings. The zero-order valence-corrected chi connectivity index (χ0v) is 2.67. The second kappa shape index (κ2) is 2.41. The quantitative estimate of drug-likeness (QED) is 0.204. The highest BCUT2D eigenvalue weighted by Gasteiger charge is 1.89. The summed E-state index contributed by atoms with van der Waals surface area (Å²) < 4.78 is 21.2. The van der Waals surface area contributed by atoms with Gasteiger partial charge in [-0.1, -0.05) is 0 Å². The first-order valence-corrected chi connectivity index (χ1v) is 1.09. The smallest absolute Gasteiger partial charge is 0.204 e. The van der Waals surface area contributed by atoms with Crippen LogP contribution in [0.3, 0.4) is 0 Å². The van der Waals surface area contributed by atoms with Crippen LogP contribution >= 0.6 is 0 Å². The van der Waals surface area contributed by atoms with Gasteiger partial charge < -0.3 is 0 Å². The second-order valence-corrected chi connectivity index (χ2v) is 0.483. The van der Waals surface area contributed by atoms with Crippen molar-refractivity contribution in [3.05, 3.63) is 10.4 Å². The maximum absolute atomic E-state index is 10.6. The largest absolute Gasteiger partial charge is 0.316 e. The van der Waals surface area contributed by atoms with E-state index in [9.17, 15) is 8.78 Å². The highest BCUT2D eigenvalue weighted by molar-refractivity contribution is 4.37. The minimum absolute atomic E-state index is 1.81. The summed E-state index contributed by atoms with van der Waals surface area (Å²) in [4.78, 5) is 1.81. The van der Waals surface area contributed by atoms with Crippen LogP contribution in [0.1, 0.15) is 0 Å². The van der Waals surface area contributed by atoms with E-state index in [-0.39, 0.29) is 0 Å². The second-order valence-electron chi connectivity index (χ2n) is 0.483. The van der Waals surface area contributed by atoms with Crippen LogP contribution in [-0.4, -0.2) is 6.55 Å². The van der Waals surface area contributed by atoms with E-state index in [0.29, 0.717) is 0 Å². The molecule has 0 atom stereocenters. The molecule has 5 heteroatoms. The van der Waals surface area contributed by atoms with Crippen LogP contribution in [0, 0.1) is 0 Å². The van der Waals surface area contributed by atoms with Crippen LogP contribution in [0.5, 0.6) is 0 Å². The monoisotopic (exact) mass is 93.0 g/mol. The number of azide groups is 1. The third-order valence-electron chi connectivity index (χ3n) is 0.139. The van der Waals surface area contributed by atoms with Crippen molar-refractivity contribution in [3.8, 4) is 0 Å². The zero-order chi connectivity index (χ0) is 4.99. The molecule has 0 aliphatic carbocycles. The molecular formula is CHF2N3. The summed E-state index contributed by atoms with van der Waals surface area (Å²) in [7, 11) is 0. The van der Waals surface area contributed by atoms with E-state index in [1.165, 1.54) is 0 Å². The maximum Gasteiger partial charge on any atom is 0.316 e. The zero-order valence-electron chi connectivity index (χ0n) is 2.67. The molecule has 0 aliphatic heterocycles. The molecule has 0 aromatic heterocycles. The minimum atomic E-state index is -2.89. The van der Waals surface area contributed by atoms with Gasteiger partial charge in [-0.3, -0.25) is 0 Å². The molecular weight excluding hydrogens is 92.0 g/mol. The predicted molar refractivity (Wildman–Crippen MR) is 15.2 cm³/mol. The topological polar surface area (TPSA) is 48.8 Å². The van der Waals surface area contributed by atoms with Gasteiger partial charge in [0.15, 0.2) is 0 Å². The van der Waals surface area contributed by atoms with E-state index >= 15 is 0 Å². The first kappa shape index (κ1) is 5.17. The number of rotatable bonds is 1. The van der Waals surface area contributed by atoms with Gasteiger partial charge in [0.1, 0.15) is 0 Å². The summed E-state index contributed by atoms with van der Waals surface area (Å²) in [5, 5.41) is 1.97. The summed E-state index contributed by atoms with van der Waals surface area (Å²) in [5.41, 5.74) is 7.22. The van der Waals surface area contributed by atoms with Crippen molar-refractivity contribution in [1.82, 2.24) is 0 Å². The van der Waals surface area contributed by atoms with E-state index in [0.717, 1.165) is 0 Å². The van der Waals surface area contributed by atoms with Crippen LogP contribution in [0.15, 0.2) is 5.11 Å². The standard InChI is InChI=1S/CHF2N3/c2-1(3)5-6-4/h1H. The van der Waals surface area contributed by atoms with E-state index in [1.807, 2.05) is 10.0 Å². The van der Waals surface area contributed by atoms with Crippen molar-refractivity contribution in [3.63, 3.8) is 0 Å². The van der Waals surface area contributed by atoms with Crippen molar-refractivity contribution in [2.45, 2.75) is 6.55 Å². The molecule has 3 nitrogen and oxygen atoms in total. The number of nitrogens with zero attached hydrogens (tertiary/aromatic N) is 3. The Morgan fingerprint density at radius 2 is 2.17 bits per heavy atom. The normalized spacial score (nSPS) is 7.83. The summed E-state index contributed by atoms with van der Waals surface area (Å²) in [6, 6.07) is 0. The minimum Gasteiger partial charge on any atom is -0.204 e. The molecule has 34 valence electrons. The van der Waals surface area contributed by atoms with Gasteiger partial charge in [-0.05, 0) is 10.6 Å². The summed E-state index contributed by atoms with van der Waals surface area (Å²) in [6.07, 6.45) is 0. The van der Waals surface area contributed by atoms with Crippen molar-refractivity contribution in [2.75, 3.05) is 0 Å². The third-order valence-corrected chi connectivity index (χ3v) is 0.139. The van der Waals surface area contributed by atoms with Crippen LogP contribution in [0.25, 0.3) is 10.4 Å². The van der Waals surface area contributed by atoms with Gasteiger partial charge in [0.2, 0.25) is 0 Å². The number of hydrogen-bond donors (Lipinski definition) is 0. The fourth-order valence-corrected chi connectivity index (χ4v) is 0.0390.